The molecule has 0 atom stereocenters. The van der Waals surface area contributed by atoms with Gasteiger partial charge in [-0.15, -0.1) is 0 Å². The normalized spacial score (nSPS) is 11.3. The molecule has 0 amide bonds. The summed E-state index contributed by atoms with van der Waals surface area (Å²) in [6.45, 7) is 4.38. The monoisotopic (exact) mass is 251 g/mol. The predicted molar refractivity (Wildman–Crippen MR) is 77.2 cm³/mol. The van der Waals surface area contributed by atoms with E-state index >= 15 is 0 Å². The molecule has 19 heavy (non-hydrogen) atoms. The van der Waals surface area contributed by atoms with Gasteiger partial charge in [0, 0.05) is 24.4 Å². The SMILES string of the molecule is CC(C)n1c(Cc2ccccn2)nc2ccccc21. The molecule has 2 heterocycles. The number of para-hydroxylation sites is 2. The number of rotatable bonds is 3. The van der Waals surface area contributed by atoms with Gasteiger partial charge in [0.05, 0.1) is 11.0 Å². The van der Waals surface area contributed by atoms with Crippen LogP contribution in [0.15, 0.2) is 48.7 Å². The summed E-state index contributed by atoms with van der Waals surface area (Å²) < 4.78 is 2.30. The summed E-state index contributed by atoms with van der Waals surface area (Å²) in [5.41, 5.74) is 3.31. The number of hydrogen-bond acceptors (Lipinski definition) is 2. The molecule has 0 radical (unpaired) electrons. The van der Waals surface area contributed by atoms with E-state index in [1.165, 1.54) is 5.52 Å². The number of nitrogens with zero attached hydrogens (tertiary/aromatic N) is 3. The van der Waals surface area contributed by atoms with Crippen molar-refractivity contribution in [1.82, 2.24) is 14.5 Å². The Balaban J connectivity index is 2.10. The minimum Gasteiger partial charge on any atom is -0.325 e. The molecule has 0 aliphatic carbocycles. The maximum Gasteiger partial charge on any atom is 0.116 e. The summed E-state index contributed by atoms with van der Waals surface area (Å²) in [5, 5.41) is 0. The van der Waals surface area contributed by atoms with Crippen LogP contribution in [0.2, 0.25) is 0 Å². The van der Waals surface area contributed by atoms with E-state index in [9.17, 15) is 0 Å². The number of imidazole rings is 1. The largest absolute Gasteiger partial charge is 0.325 e. The van der Waals surface area contributed by atoms with Crippen molar-refractivity contribution in [2.24, 2.45) is 0 Å². The fourth-order valence-electron chi connectivity index (χ4n) is 2.46. The van der Waals surface area contributed by atoms with Crippen molar-refractivity contribution in [2.45, 2.75) is 26.3 Å². The van der Waals surface area contributed by atoms with Gasteiger partial charge in [-0.3, -0.25) is 4.98 Å². The molecule has 0 unspecified atom stereocenters. The zero-order valence-electron chi connectivity index (χ0n) is 11.2. The lowest BCUT2D eigenvalue weighted by Gasteiger charge is -2.12. The number of hydrogen-bond donors (Lipinski definition) is 0. The van der Waals surface area contributed by atoms with Gasteiger partial charge in [-0.2, -0.15) is 0 Å². The zero-order valence-corrected chi connectivity index (χ0v) is 11.2. The van der Waals surface area contributed by atoms with E-state index in [1.807, 2.05) is 30.5 Å². The summed E-state index contributed by atoms with van der Waals surface area (Å²) in [4.78, 5) is 9.14. The van der Waals surface area contributed by atoms with Crippen LogP contribution in [-0.2, 0) is 6.42 Å². The first-order valence-electron chi connectivity index (χ1n) is 6.61. The van der Waals surface area contributed by atoms with E-state index in [-0.39, 0.29) is 0 Å². The summed E-state index contributed by atoms with van der Waals surface area (Å²) >= 11 is 0. The van der Waals surface area contributed by atoms with Crippen molar-refractivity contribution >= 4 is 11.0 Å². The zero-order chi connectivity index (χ0) is 13.2. The van der Waals surface area contributed by atoms with Crippen molar-refractivity contribution < 1.29 is 0 Å². The van der Waals surface area contributed by atoms with Gasteiger partial charge in [-0.1, -0.05) is 18.2 Å². The molecule has 2 aromatic heterocycles. The van der Waals surface area contributed by atoms with Gasteiger partial charge >= 0.3 is 0 Å². The third kappa shape index (κ3) is 2.24. The fourth-order valence-corrected chi connectivity index (χ4v) is 2.46. The maximum atomic E-state index is 4.75. The first-order chi connectivity index (χ1) is 9.25. The second-order valence-electron chi connectivity index (χ2n) is 4.98. The Morgan fingerprint density at radius 1 is 1.05 bits per heavy atom. The molecule has 1 aromatic carbocycles. The maximum absolute atomic E-state index is 4.75. The van der Waals surface area contributed by atoms with E-state index in [0.717, 1.165) is 23.5 Å². The van der Waals surface area contributed by atoms with Crippen LogP contribution in [0.1, 0.15) is 31.4 Å². The van der Waals surface area contributed by atoms with E-state index in [1.54, 1.807) is 0 Å². The second-order valence-corrected chi connectivity index (χ2v) is 4.98. The summed E-state index contributed by atoms with van der Waals surface area (Å²) in [6, 6.07) is 14.7. The Hall–Kier alpha value is -2.16. The molecule has 0 aliphatic heterocycles. The number of pyridine rings is 1. The molecule has 0 fully saturated rings. The minimum absolute atomic E-state index is 0.395. The van der Waals surface area contributed by atoms with Crippen LogP contribution in [0, 0.1) is 0 Å². The molecule has 96 valence electrons. The van der Waals surface area contributed by atoms with E-state index in [4.69, 9.17) is 4.98 Å². The van der Waals surface area contributed by atoms with Crippen LogP contribution >= 0.6 is 0 Å². The van der Waals surface area contributed by atoms with Crippen molar-refractivity contribution in [3.8, 4) is 0 Å². The molecule has 0 bridgehead atoms. The number of benzene rings is 1. The molecular formula is C16H17N3. The van der Waals surface area contributed by atoms with Crippen LogP contribution in [0.4, 0.5) is 0 Å². The van der Waals surface area contributed by atoms with Gasteiger partial charge in [-0.25, -0.2) is 4.98 Å². The minimum atomic E-state index is 0.395. The lowest BCUT2D eigenvalue weighted by molar-refractivity contribution is 0.590. The molecule has 0 saturated carbocycles. The standard InChI is InChI=1S/C16H17N3/c1-12(2)19-15-9-4-3-8-14(15)18-16(19)11-13-7-5-6-10-17-13/h3-10,12H,11H2,1-2H3. The second kappa shape index (κ2) is 4.84. The van der Waals surface area contributed by atoms with E-state index < -0.39 is 0 Å². The highest BCUT2D eigenvalue weighted by Crippen LogP contribution is 2.22. The van der Waals surface area contributed by atoms with Gasteiger partial charge in [0.2, 0.25) is 0 Å². The lowest BCUT2D eigenvalue weighted by Crippen LogP contribution is -2.07. The molecule has 3 rings (SSSR count). The molecule has 3 aromatic rings. The number of aromatic nitrogens is 3. The third-order valence-electron chi connectivity index (χ3n) is 3.25. The van der Waals surface area contributed by atoms with E-state index in [2.05, 4.69) is 41.6 Å². The highest BCUT2D eigenvalue weighted by atomic mass is 15.1. The Morgan fingerprint density at radius 2 is 1.84 bits per heavy atom. The molecule has 0 spiro atoms. The fraction of sp³-hybridized carbons (Fsp3) is 0.250. The molecule has 0 aliphatic rings. The smallest absolute Gasteiger partial charge is 0.116 e. The summed E-state index contributed by atoms with van der Waals surface area (Å²) in [7, 11) is 0. The van der Waals surface area contributed by atoms with Crippen LogP contribution in [-0.4, -0.2) is 14.5 Å². The Kier molecular flexibility index (Phi) is 3.03. The number of fused-ring (bicyclic) bond motifs is 1. The first-order valence-corrected chi connectivity index (χ1v) is 6.61. The van der Waals surface area contributed by atoms with Gasteiger partial charge in [0.15, 0.2) is 0 Å². The van der Waals surface area contributed by atoms with Crippen molar-refractivity contribution in [3.05, 3.63) is 60.2 Å². The topological polar surface area (TPSA) is 30.7 Å². The predicted octanol–water partition coefficient (Wildman–Crippen LogP) is 3.60. The quantitative estimate of drug-likeness (QED) is 0.712. The molecule has 0 N–H and O–H groups in total. The van der Waals surface area contributed by atoms with Crippen LogP contribution in [0.25, 0.3) is 11.0 Å². The van der Waals surface area contributed by atoms with Crippen molar-refractivity contribution in [2.75, 3.05) is 0 Å². The molecule has 3 heteroatoms. The first kappa shape index (κ1) is 11.9. The van der Waals surface area contributed by atoms with Gasteiger partial charge in [0.25, 0.3) is 0 Å². The average molecular weight is 251 g/mol. The highest BCUT2D eigenvalue weighted by Gasteiger charge is 2.13. The third-order valence-corrected chi connectivity index (χ3v) is 3.25. The van der Waals surface area contributed by atoms with Crippen LogP contribution in [0.5, 0.6) is 0 Å². The van der Waals surface area contributed by atoms with Gasteiger partial charge < -0.3 is 4.57 Å². The van der Waals surface area contributed by atoms with Gasteiger partial charge in [-0.05, 0) is 38.1 Å². The summed E-state index contributed by atoms with van der Waals surface area (Å²) in [5.74, 6) is 1.08. The Bertz CT molecular complexity index is 684. The molecule has 3 nitrogen and oxygen atoms in total. The van der Waals surface area contributed by atoms with Crippen LogP contribution < -0.4 is 0 Å². The lowest BCUT2D eigenvalue weighted by atomic mass is 10.2. The van der Waals surface area contributed by atoms with Crippen molar-refractivity contribution in [1.29, 1.82) is 0 Å². The average Bonchev–Trinajstić information content (AvgIpc) is 2.77. The summed E-state index contributed by atoms with van der Waals surface area (Å²) in [6.07, 6.45) is 2.60. The van der Waals surface area contributed by atoms with E-state index in [0.29, 0.717) is 6.04 Å². The highest BCUT2D eigenvalue weighted by molar-refractivity contribution is 5.76. The van der Waals surface area contributed by atoms with Crippen LogP contribution in [0.3, 0.4) is 0 Å². The molecular weight excluding hydrogens is 234 g/mol. The molecule has 0 saturated heterocycles. The van der Waals surface area contributed by atoms with Crippen molar-refractivity contribution in [3.63, 3.8) is 0 Å². The Morgan fingerprint density at radius 3 is 2.58 bits per heavy atom. The van der Waals surface area contributed by atoms with Gasteiger partial charge in [0.1, 0.15) is 5.82 Å². The Labute approximate surface area is 112 Å².